The highest BCUT2D eigenvalue weighted by Gasteiger charge is 2.73. The van der Waals surface area contributed by atoms with Gasteiger partial charge < -0.3 is 9.64 Å². The number of methoxy groups -OCH3 is 1. The summed E-state index contributed by atoms with van der Waals surface area (Å²) in [6.07, 6.45) is 0.456. The minimum absolute atomic E-state index is 0.302. The highest BCUT2D eigenvalue weighted by Crippen LogP contribution is 2.55. The fourth-order valence-corrected chi connectivity index (χ4v) is 3.00. The monoisotopic (exact) mass is 237 g/mol. The highest BCUT2D eigenvalue weighted by atomic mass is 16.5. The van der Waals surface area contributed by atoms with Crippen LogP contribution in [0.15, 0.2) is 0 Å². The molecule has 1 saturated heterocycles. The number of carbonyl (C=O) groups is 2. The molecule has 6 nitrogen and oxygen atoms in total. The summed E-state index contributed by atoms with van der Waals surface area (Å²) >= 11 is 0. The maximum atomic E-state index is 12.0. The van der Waals surface area contributed by atoms with E-state index in [-0.39, 0.29) is 5.91 Å². The van der Waals surface area contributed by atoms with Crippen LogP contribution in [0.4, 0.5) is 4.79 Å². The van der Waals surface area contributed by atoms with Crippen molar-refractivity contribution in [2.75, 3.05) is 21.2 Å². The van der Waals surface area contributed by atoms with Gasteiger partial charge in [0.2, 0.25) is 5.91 Å². The molecular formula is C11H15N3O3. The molecular weight excluding hydrogens is 222 g/mol. The second-order valence-corrected chi connectivity index (χ2v) is 4.81. The molecule has 1 saturated carbocycles. The summed E-state index contributed by atoms with van der Waals surface area (Å²) in [5.74, 6) is -0.797. The van der Waals surface area contributed by atoms with Crippen molar-refractivity contribution in [3.63, 3.8) is 0 Å². The molecule has 0 aromatic carbocycles. The molecule has 6 heteroatoms. The molecule has 3 atom stereocenters. The summed E-state index contributed by atoms with van der Waals surface area (Å²) in [4.78, 5) is 26.3. The topological polar surface area (TPSA) is 73.6 Å². The van der Waals surface area contributed by atoms with E-state index in [2.05, 4.69) is 6.07 Å². The van der Waals surface area contributed by atoms with Gasteiger partial charge in [-0.15, -0.1) is 0 Å². The van der Waals surface area contributed by atoms with Crippen LogP contribution in [-0.4, -0.2) is 54.1 Å². The Morgan fingerprint density at radius 2 is 2.06 bits per heavy atom. The Bertz CT molecular complexity index is 424. The van der Waals surface area contributed by atoms with Crippen molar-refractivity contribution >= 4 is 11.9 Å². The molecule has 0 radical (unpaired) electrons. The Balaban J connectivity index is 2.53. The van der Waals surface area contributed by atoms with E-state index >= 15 is 0 Å². The Kier molecular flexibility index (Phi) is 2.23. The Morgan fingerprint density at radius 3 is 2.53 bits per heavy atom. The van der Waals surface area contributed by atoms with E-state index in [0.717, 1.165) is 4.90 Å². The van der Waals surface area contributed by atoms with Crippen molar-refractivity contribution in [2.45, 2.75) is 24.5 Å². The summed E-state index contributed by atoms with van der Waals surface area (Å²) in [5.41, 5.74) is -1.96. The molecule has 3 unspecified atom stereocenters. The van der Waals surface area contributed by atoms with E-state index in [1.165, 1.54) is 26.1 Å². The van der Waals surface area contributed by atoms with Gasteiger partial charge in [-0.3, -0.25) is 9.69 Å². The molecule has 1 heterocycles. The number of amides is 3. The van der Waals surface area contributed by atoms with Crippen LogP contribution in [0.25, 0.3) is 0 Å². The van der Waals surface area contributed by atoms with E-state index in [1.54, 1.807) is 6.92 Å². The Hall–Kier alpha value is -1.61. The number of nitriles is 1. The maximum absolute atomic E-state index is 12.0. The first-order chi connectivity index (χ1) is 7.85. The highest BCUT2D eigenvalue weighted by molar-refractivity contribution is 6.01. The number of nitrogens with zero attached hydrogens (tertiary/aromatic N) is 3. The number of fused-ring (bicyclic) bond motifs is 1. The zero-order valence-electron chi connectivity index (χ0n) is 10.4. The lowest BCUT2D eigenvalue weighted by atomic mass is 9.54. The Labute approximate surface area is 99.7 Å². The van der Waals surface area contributed by atoms with Gasteiger partial charge in [-0.1, -0.05) is 0 Å². The average Bonchev–Trinajstić information content (AvgIpc) is 2.32. The van der Waals surface area contributed by atoms with E-state index in [1.807, 2.05) is 0 Å². The van der Waals surface area contributed by atoms with Crippen LogP contribution in [0.5, 0.6) is 0 Å². The molecule has 3 amide bonds. The van der Waals surface area contributed by atoms with Crippen LogP contribution in [0.3, 0.4) is 0 Å². The van der Waals surface area contributed by atoms with Gasteiger partial charge in [-0.05, 0) is 13.3 Å². The zero-order valence-corrected chi connectivity index (χ0v) is 10.4. The number of imide groups is 1. The maximum Gasteiger partial charge on any atom is 0.327 e. The smallest absolute Gasteiger partial charge is 0.327 e. The van der Waals surface area contributed by atoms with Crippen molar-refractivity contribution in [3.8, 4) is 6.07 Å². The van der Waals surface area contributed by atoms with E-state index in [0.29, 0.717) is 6.42 Å². The van der Waals surface area contributed by atoms with Gasteiger partial charge in [-0.25, -0.2) is 4.79 Å². The second kappa shape index (κ2) is 3.20. The molecule has 0 bridgehead atoms. The fraction of sp³-hybridized carbons (Fsp3) is 0.727. The molecule has 2 rings (SSSR count). The van der Waals surface area contributed by atoms with Gasteiger partial charge in [0.15, 0.2) is 5.54 Å². The summed E-state index contributed by atoms with van der Waals surface area (Å²) in [7, 11) is 4.47. The van der Waals surface area contributed by atoms with Crippen molar-refractivity contribution in [1.29, 1.82) is 5.26 Å². The molecule has 0 aromatic heterocycles. The van der Waals surface area contributed by atoms with Gasteiger partial charge in [0.1, 0.15) is 5.60 Å². The molecule has 2 fully saturated rings. The standard InChI is InChI=1S/C11H15N3O3/c1-10(17-4)5-7-8(15)13(2)9(16)14(3)11(7,10)6-12/h7H,5H2,1-4H3. The van der Waals surface area contributed by atoms with Crippen LogP contribution in [0, 0.1) is 17.2 Å². The van der Waals surface area contributed by atoms with Gasteiger partial charge in [0.05, 0.1) is 12.0 Å². The summed E-state index contributed by atoms with van der Waals surface area (Å²) in [6.45, 7) is 1.76. The summed E-state index contributed by atoms with van der Waals surface area (Å²) in [5, 5.41) is 9.44. The van der Waals surface area contributed by atoms with E-state index in [4.69, 9.17) is 4.74 Å². The number of carbonyl (C=O) groups excluding carboxylic acids is 2. The quantitative estimate of drug-likeness (QED) is 0.653. The minimum Gasteiger partial charge on any atom is -0.375 e. The van der Waals surface area contributed by atoms with Crippen LogP contribution in [0.2, 0.25) is 0 Å². The van der Waals surface area contributed by atoms with Crippen molar-refractivity contribution in [3.05, 3.63) is 0 Å². The van der Waals surface area contributed by atoms with Crippen LogP contribution in [0.1, 0.15) is 13.3 Å². The molecule has 0 N–H and O–H groups in total. The fourth-order valence-electron chi connectivity index (χ4n) is 3.00. The number of hydrogen-bond acceptors (Lipinski definition) is 4. The lowest BCUT2D eigenvalue weighted by molar-refractivity contribution is -0.206. The number of hydrogen-bond donors (Lipinski definition) is 0. The largest absolute Gasteiger partial charge is 0.375 e. The number of likely N-dealkylation sites (N-methyl/N-ethyl adjacent to an activating group) is 1. The van der Waals surface area contributed by atoms with Crippen molar-refractivity contribution in [1.82, 2.24) is 9.80 Å². The van der Waals surface area contributed by atoms with E-state index < -0.39 is 23.1 Å². The number of ether oxygens (including phenoxy) is 1. The first-order valence-corrected chi connectivity index (χ1v) is 5.37. The first-order valence-electron chi connectivity index (χ1n) is 5.37. The van der Waals surface area contributed by atoms with Gasteiger partial charge in [0.25, 0.3) is 0 Å². The van der Waals surface area contributed by atoms with Crippen molar-refractivity contribution < 1.29 is 14.3 Å². The normalized spacial score (nSPS) is 40.8. The molecule has 0 spiro atoms. The molecule has 0 aromatic rings. The van der Waals surface area contributed by atoms with Crippen LogP contribution >= 0.6 is 0 Å². The van der Waals surface area contributed by atoms with Crippen molar-refractivity contribution in [2.24, 2.45) is 5.92 Å². The predicted molar refractivity (Wildman–Crippen MR) is 57.8 cm³/mol. The van der Waals surface area contributed by atoms with Gasteiger partial charge >= 0.3 is 6.03 Å². The SMILES string of the molecule is COC1(C)CC2C(=O)N(C)C(=O)N(C)C21C#N. The van der Waals surface area contributed by atoms with Crippen LogP contribution < -0.4 is 0 Å². The number of rotatable bonds is 1. The molecule has 92 valence electrons. The lowest BCUT2D eigenvalue weighted by Gasteiger charge is -2.63. The van der Waals surface area contributed by atoms with Crippen LogP contribution in [-0.2, 0) is 9.53 Å². The van der Waals surface area contributed by atoms with Gasteiger partial charge in [0, 0.05) is 21.2 Å². The molecule has 1 aliphatic heterocycles. The molecule has 17 heavy (non-hydrogen) atoms. The van der Waals surface area contributed by atoms with E-state index in [9.17, 15) is 14.9 Å². The first kappa shape index (κ1) is 11.9. The number of urea groups is 1. The lowest BCUT2D eigenvalue weighted by Crippen LogP contribution is -2.82. The second-order valence-electron chi connectivity index (χ2n) is 4.81. The minimum atomic E-state index is -1.18. The summed E-state index contributed by atoms with van der Waals surface area (Å²) in [6, 6.07) is 1.66. The zero-order chi connectivity index (χ0) is 13.0. The average molecular weight is 237 g/mol. The third-order valence-corrected chi connectivity index (χ3v) is 4.26. The predicted octanol–water partition coefficient (Wildman–Crippen LogP) is 0.198. The Morgan fingerprint density at radius 1 is 1.47 bits per heavy atom. The summed E-state index contributed by atoms with van der Waals surface area (Å²) < 4.78 is 5.35. The third-order valence-electron chi connectivity index (χ3n) is 4.26. The molecule has 2 aliphatic rings. The molecule has 1 aliphatic carbocycles. The van der Waals surface area contributed by atoms with Gasteiger partial charge in [-0.2, -0.15) is 5.26 Å². The third kappa shape index (κ3) is 1.03.